The van der Waals surface area contributed by atoms with Crippen molar-refractivity contribution in [1.82, 2.24) is 4.98 Å². The summed E-state index contributed by atoms with van der Waals surface area (Å²) in [5.41, 5.74) is 11.9. The minimum atomic E-state index is -0.748. The molecule has 0 aromatic carbocycles. The molecule has 0 atom stereocenters. The van der Waals surface area contributed by atoms with Gasteiger partial charge in [-0.05, 0) is 0 Å². The number of carbonyl (C=O) groups is 2. The number of nitro groups is 1. The lowest BCUT2D eigenvalue weighted by atomic mass is 10.3. The van der Waals surface area contributed by atoms with E-state index < -0.39 is 16.7 Å². The summed E-state index contributed by atoms with van der Waals surface area (Å²) in [6.45, 7) is -0.748. The number of nitrogens with zero attached hydrogens (tertiary/aromatic N) is 3. The van der Waals surface area contributed by atoms with Crippen molar-refractivity contribution in [2.45, 2.75) is 0 Å². The largest absolute Gasteiger partial charge is 0.368 e. The molecule has 1 rings (SSSR count). The number of anilines is 2. The molecule has 108 valence electrons. The van der Waals surface area contributed by atoms with Gasteiger partial charge in [0.05, 0.1) is 30.1 Å². The molecule has 0 fully saturated rings. The van der Waals surface area contributed by atoms with Gasteiger partial charge in [-0.15, -0.1) is 0 Å². The Bertz CT molecular complexity index is 531. The molecule has 0 aliphatic rings. The minimum absolute atomic E-state index is 0.00635. The van der Waals surface area contributed by atoms with Crippen molar-refractivity contribution in [3.8, 4) is 0 Å². The highest BCUT2D eigenvalue weighted by Gasteiger charge is 2.18. The van der Waals surface area contributed by atoms with E-state index in [0.29, 0.717) is 0 Å². The molecule has 20 heavy (non-hydrogen) atoms. The fraction of sp³-hybridized carbons (Fsp3) is 0.222. The standard InChI is InChI=1S/C9H13N7O4/c10-6(17)3-15(4-7(11)18)9-2-5(16(19)20)1-8(13-9)14-12/h1-2H,3-4,12H2,(H2,10,17)(H2,11,18)(H,13,14). The maximum Gasteiger partial charge on any atom is 0.276 e. The fourth-order valence-electron chi connectivity index (χ4n) is 1.44. The third-order valence-corrected chi connectivity index (χ3v) is 2.17. The highest BCUT2D eigenvalue weighted by molar-refractivity contribution is 5.84. The number of hydrogen-bond donors (Lipinski definition) is 4. The molecular weight excluding hydrogens is 270 g/mol. The Hall–Kier alpha value is -2.95. The molecule has 0 radical (unpaired) electrons. The molecule has 0 unspecified atom stereocenters. The first kappa shape index (κ1) is 15.1. The molecule has 0 saturated carbocycles. The molecule has 0 saturated heterocycles. The Morgan fingerprint density at radius 3 is 2.25 bits per heavy atom. The van der Waals surface area contributed by atoms with Crippen LogP contribution in [0.4, 0.5) is 17.3 Å². The SMILES string of the molecule is NNc1cc([N+](=O)[O-])cc(N(CC(N)=O)CC(N)=O)n1. The molecule has 11 heteroatoms. The summed E-state index contributed by atoms with van der Waals surface area (Å²) in [7, 11) is 0. The average molecular weight is 283 g/mol. The number of pyridine rings is 1. The number of nitrogen functional groups attached to an aromatic ring is 1. The van der Waals surface area contributed by atoms with E-state index in [9.17, 15) is 19.7 Å². The second-order valence-electron chi connectivity index (χ2n) is 3.76. The van der Waals surface area contributed by atoms with Crippen LogP contribution in [-0.2, 0) is 9.59 Å². The first-order chi connectivity index (χ1) is 9.33. The monoisotopic (exact) mass is 283 g/mol. The van der Waals surface area contributed by atoms with Gasteiger partial charge in [0.15, 0.2) is 0 Å². The molecule has 0 bridgehead atoms. The number of amides is 2. The normalized spacial score (nSPS) is 9.85. The van der Waals surface area contributed by atoms with Crippen molar-refractivity contribution in [3.05, 3.63) is 22.2 Å². The zero-order valence-corrected chi connectivity index (χ0v) is 10.3. The lowest BCUT2D eigenvalue weighted by Gasteiger charge is -2.20. The van der Waals surface area contributed by atoms with Gasteiger partial charge in [0.25, 0.3) is 5.69 Å². The van der Waals surface area contributed by atoms with Crippen LogP contribution in [0, 0.1) is 10.1 Å². The second kappa shape index (κ2) is 6.29. The Morgan fingerprint density at radius 2 is 1.85 bits per heavy atom. The van der Waals surface area contributed by atoms with E-state index in [4.69, 9.17) is 17.3 Å². The van der Waals surface area contributed by atoms with E-state index in [1.165, 1.54) is 0 Å². The van der Waals surface area contributed by atoms with Crippen LogP contribution in [0.15, 0.2) is 12.1 Å². The summed E-state index contributed by atoms with van der Waals surface area (Å²) in [5.74, 6) is 3.63. The van der Waals surface area contributed by atoms with Crippen LogP contribution in [0.25, 0.3) is 0 Å². The summed E-state index contributed by atoms with van der Waals surface area (Å²) >= 11 is 0. The van der Waals surface area contributed by atoms with E-state index in [1.807, 2.05) is 0 Å². The van der Waals surface area contributed by atoms with Crippen LogP contribution >= 0.6 is 0 Å². The first-order valence-electron chi connectivity index (χ1n) is 5.28. The van der Waals surface area contributed by atoms with Gasteiger partial charge in [0.1, 0.15) is 11.6 Å². The highest BCUT2D eigenvalue weighted by Crippen LogP contribution is 2.22. The molecule has 1 aromatic heterocycles. The van der Waals surface area contributed by atoms with Crippen molar-refractivity contribution in [2.24, 2.45) is 17.3 Å². The Kier molecular flexibility index (Phi) is 4.75. The zero-order chi connectivity index (χ0) is 15.3. The molecule has 7 N–H and O–H groups in total. The minimum Gasteiger partial charge on any atom is -0.368 e. The summed E-state index contributed by atoms with van der Waals surface area (Å²) in [6, 6.07) is 2.17. The molecule has 11 nitrogen and oxygen atoms in total. The number of hydrazine groups is 1. The third kappa shape index (κ3) is 4.06. The molecular formula is C9H13N7O4. The highest BCUT2D eigenvalue weighted by atomic mass is 16.6. The average Bonchev–Trinajstić information content (AvgIpc) is 2.36. The fourth-order valence-corrected chi connectivity index (χ4v) is 1.44. The lowest BCUT2D eigenvalue weighted by molar-refractivity contribution is -0.384. The van der Waals surface area contributed by atoms with Gasteiger partial charge in [-0.1, -0.05) is 0 Å². The predicted octanol–water partition coefficient (Wildman–Crippen LogP) is -1.95. The summed E-state index contributed by atoms with van der Waals surface area (Å²) in [6.07, 6.45) is 0. The molecule has 0 spiro atoms. The van der Waals surface area contributed by atoms with Gasteiger partial charge in [0.2, 0.25) is 11.8 Å². The van der Waals surface area contributed by atoms with Crippen LogP contribution in [-0.4, -0.2) is 34.8 Å². The summed E-state index contributed by atoms with van der Waals surface area (Å²) < 4.78 is 0. The van der Waals surface area contributed by atoms with Gasteiger partial charge in [-0.2, -0.15) is 0 Å². The maximum absolute atomic E-state index is 11.0. The predicted molar refractivity (Wildman–Crippen MR) is 69.3 cm³/mol. The number of hydrogen-bond acceptors (Lipinski definition) is 8. The van der Waals surface area contributed by atoms with Crippen molar-refractivity contribution in [2.75, 3.05) is 23.4 Å². The van der Waals surface area contributed by atoms with E-state index in [0.717, 1.165) is 17.0 Å². The van der Waals surface area contributed by atoms with Gasteiger partial charge in [0, 0.05) is 0 Å². The second-order valence-corrected chi connectivity index (χ2v) is 3.76. The summed E-state index contributed by atoms with van der Waals surface area (Å²) in [5, 5.41) is 10.8. The number of carbonyl (C=O) groups excluding carboxylic acids is 2. The number of rotatable bonds is 7. The smallest absolute Gasteiger partial charge is 0.276 e. The number of nitrogens with one attached hydrogen (secondary N) is 1. The van der Waals surface area contributed by atoms with Crippen LogP contribution < -0.4 is 27.6 Å². The molecule has 1 heterocycles. The number of nitrogens with two attached hydrogens (primary N) is 3. The van der Waals surface area contributed by atoms with Crippen LogP contribution in [0.3, 0.4) is 0 Å². The van der Waals surface area contributed by atoms with E-state index in [1.54, 1.807) is 0 Å². The van der Waals surface area contributed by atoms with Crippen molar-refractivity contribution in [3.63, 3.8) is 0 Å². The topological polar surface area (TPSA) is 184 Å². The number of primary amides is 2. The molecule has 1 aromatic rings. The Morgan fingerprint density at radius 1 is 1.30 bits per heavy atom. The Labute approximate surface area is 112 Å². The lowest BCUT2D eigenvalue weighted by Crippen LogP contribution is -2.40. The number of aromatic nitrogens is 1. The Balaban J connectivity index is 3.22. The van der Waals surface area contributed by atoms with Crippen molar-refractivity contribution >= 4 is 29.1 Å². The quantitative estimate of drug-likeness (QED) is 0.253. The van der Waals surface area contributed by atoms with Crippen LogP contribution in [0.2, 0.25) is 0 Å². The van der Waals surface area contributed by atoms with E-state index in [2.05, 4.69) is 10.4 Å². The van der Waals surface area contributed by atoms with Gasteiger partial charge >= 0.3 is 0 Å². The van der Waals surface area contributed by atoms with Crippen LogP contribution in [0.5, 0.6) is 0 Å². The van der Waals surface area contributed by atoms with Gasteiger partial charge in [-0.3, -0.25) is 19.7 Å². The molecule has 2 amide bonds. The van der Waals surface area contributed by atoms with Gasteiger partial charge < -0.3 is 21.8 Å². The molecule has 0 aliphatic heterocycles. The van der Waals surface area contributed by atoms with Crippen molar-refractivity contribution < 1.29 is 14.5 Å². The third-order valence-electron chi connectivity index (χ3n) is 2.17. The van der Waals surface area contributed by atoms with Crippen molar-refractivity contribution in [1.29, 1.82) is 0 Å². The maximum atomic E-state index is 11.0. The first-order valence-corrected chi connectivity index (χ1v) is 5.28. The van der Waals surface area contributed by atoms with Gasteiger partial charge in [-0.25, -0.2) is 10.8 Å². The van der Waals surface area contributed by atoms with Crippen LogP contribution in [0.1, 0.15) is 0 Å². The zero-order valence-electron chi connectivity index (χ0n) is 10.3. The van der Waals surface area contributed by atoms with E-state index in [-0.39, 0.29) is 30.4 Å². The summed E-state index contributed by atoms with van der Waals surface area (Å²) in [4.78, 5) is 37.1. The van der Waals surface area contributed by atoms with E-state index >= 15 is 0 Å². The molecule has 0 aliphatic carbocycles.